The molecule has 1 amide bonds. The summed E-state index contributed by atoms with van der Waals surface area (Å²) in [4.78, 5) is 27.0. The van der Waals surface area contributed by atoms with Crippen LogP contribution in [0.3, 0.4) is 0 Å². The van der Waals surface area contributed by atoms with Crippen molar-refractivity contribution < 1.29 is 23.8 Å². The molecule has 2 rings (SSSR count). The minimum Gasteiger partial charge on any atom is -0.493 e. The van der Waals surface area contributed by atoms with Crippen molar-refractivity contribution in [3.05, 3.63) is 53.6 Å². The zero-order valence-corrected chi connectivity index (χ0v) is 17.4. The van der Waals surface area contributed by atoms with Crippen LogP contribution >= 0.6 is 11.8 Å². The van der Waals surface area contributed by atoms with E-state index in [2.05, 4.69) is 0 Å². The zero-order chi connectivity index (χ0) is 20.5. The number of rotatable bonds is 9. The van der Waals surface area contributed by atoms with Crippen molar-refractivity contribution in [1.82, 2.24) is 4.90 Å². The number of amides is 1. The van der Waals surface area contributed by atoms with Crippen LogP contribution in [0.5, 0.6) is 11.5 Å². The van der Waals surface area contributed by atoms with Crippen molar-refractivity contribution in [2.75, 3.05) is 34.1 Å². The number of benzene rings is 2. The van der Waals surface area contributed by atoms with Gasteiger partial charge in [-0.05, 0) is 41.6 Å². The maximum atomic E-state index is 12.2. The fourth-order valence-electron chi connectivity index (χ4n) is 2.55. The molecule has 0 N–H and O–H groups in total. The van der Waals surface area contributed by atoms with Crippen LogP contribution in [0.4, 0.5) is 0 Å². The molecule has 2 aromatic carbocycles. The lowest BCUT2D eigenvalue weighted by molar-refractivity contribution is -0.151. The Labute approximate surface area is 169 Å². The van der Waals surface area contributed by atoms with Crippen molar-refractivity contribution in [2.24, 2.45) is 0 Å². The first-order chi connectivity index (χ1) is 13.5. The fourth-order valence-corrected chi connectivity index (χ4v) is 2.96. The number of hydrogen-bond donors (Lipinski definition) is 0. The van der Waals surface area contributed by atoms with E-state index in [0.29, 0.717) is 18.0 Å². The number of methoxy groups -OCH3 is 2. The average molecular weight is 404 g/mol. The summed E-state index contributed by atoms with van der Waals surface area (Å²) in [6.07, 6.45) is 2.06. The molecule has 0 aliphatic rings. The predicted molar refractivity (Wildman–Crippen MR) is 109 cm³/mol. The number of ether oxygens (including phenoxy) is 3. The Morgan fingerprint density at radius 2 is 1.61 bits per heavy atom. The number of hydrogen-bond acceptors (Lipinski definition) is 6. The van der Waals surface area contributed by atoms with E-state index in [9.17, 15) is 9.59 Å². The molecule has 0 heterocycles. The zero-order valence-electron chi connectivity index (χ0n) is 16.6. The van der Waals surface area contributed by atoms with Gasteiger partial charge in [-0.1, -0.05) is 18.2 Å². The third kappa shape index (κ3) is 6.20. The van der Waals surface area contributed by atoms with Crippen LogP contribution in [0, 0.1) is 0 Å². The summed E-state index contributed by atoms with van der Waals surface area (Å²) < 4.78 is 15.5. The van der Waals surface area contributed by atoms with Crippen molar-refractivity contribution in [3.8, 4) is 11.5 Å². The first-order valence-corrected chi connectivity index (χ1v) is 9.92. The smallest absolute Gasteiger partial charge is 0.310 e. The standard InChI is InChI=1S/C21H25NO5S/c1-22(13-15-5-8-17(28-4)9-6-15)20(23)14-27-21(24)12-16-7-10-18(25-2)19(11-16)26-3/h5-11H,12-14H2,1-4H3. The second-order valence-electron chi connectivity index (χ2n) is 6.12. The number of thioether (sulfide) groups is 1. The van der Waals surface area contributed by atoms with E-state index < -0.39 is 5.97 Å². The Balaban J connectivity index is 1.83. The van der Waals surface area contributed by atoms with Crippen LogP contribution in [-0.2, 0) is 27.3 Å². The molecule has 0 bridgehead atoms. The van der Waals surface area contributed by atoms with Gasteiger partial charge in [0.25, 0.3) is 5.91 Å². The van der Waals surface area contributed by atoms with Gasteiger partial charge in [0, 0.05) is 18.5 Å². The van der Waals surface area contributed by atoms with Gasteiger partial charge in [0.2, 0.25) is 0 Å². The first kappa shape index (κ1) is 21.6. The van der Waals surface area contributed by atoms with Crippen LogP contribution < -0.4 is 9.47 Å². The average Bonchev–Trinajstić information content (AvgIpc) is 2.72. The van der Waals surface area contributed by atoms with Gasteiger partial charge >= 0.3 is 5.97 Å². The first-order valence-electron chi connectivity index (χ1n) is 8.70. The van der Waals surface area contributed by atoms with Crippen molar-refractivity contribution in [3.63, 3.8) is 0 Å². The molecule has 0 aliphatic carbocycles. The second kappa shape index (κ2) is 10.6. The molecule has 150 valence electrons. The predicted octanol–water partition coefficient (Wildman–Crippen LogP) is 3.17. The van der Waals surface area contributed by atoms with Crippen molar-refractivity contribution >= 4 is 23.6 Å². The van der Waals surface area contributed by atoms with E-state index in [-0.39, 0.29) is 18.9 Å². The Morgan fingerprint density at radius 3 is 2.21 bits per heavy atom. The van der Waals surface area contributed by atoms with Gasteiger partial charge in [-0.25, -0.2) is 0 Å². The largest absolute Gasteiger partial charge is 0.493 e. The van der Waals surface area contributed by atoms with Gasteiger partial charge < -0.3 is 19.1 Å². The maximum absolute atomic E-state index is 12.2. The molecule has 0 atom stereocenters. The summed E-state index contributed by atoms with van der Waals surface area (Å²) in [6, 6.07) is 13.2. The Morgan fingerprint density at radius 1 is 0.964 bits per heavy atom. The molecule has 0 radical (unpaired) electrons. The topological polar surface area (TPSA) is 65.1 Å². The molecule has 6 nitrogen and oxygen atoms in total. The third-order valence-corrected chi connectivity index (χ3v) is 4.90. The van der Waals surface area contributed by atoms with Crippen LogP contribution in [-0.4, -0.2) is 50.9 Å². The van der Waals surface area contributed by atoms with Gasteiger partial charge in [-0.3, -0.25) is 9.59 Å². The molecule has 28 heavy (non-hydrogen) atoms. The maximum Gasteiger partial charge on any atom is 0.310 e. The van der Waals surface area contributed by atoms with Gasteiger partial charge in [-0.15, -0.1) is 11.8 Å². The molecule has 7 heteroatoms. The number of nitrogens with zero attached hydrogens (tertiary/aromatic N) is 1. The lowest BCUT2D eigenvalue weighted by Crippen LogP contribution is -2.31. The molecule has 2 aromatic rings. The summed E-state index contributed by atoms with van der Waals surface area (Å²) >= 11 is 1.67. The lowest BCUT2D eigenvalue weighted by atomic mass is 10.1. The highest BCUT2D eigenvalue weighted by atomic mass is 32.2. The molecule has 0 aliphatic heterocycles. The number of carbonyl (C=O) groups is 2. The number of likely N-dealkylation sites (N-methyl/N-ethyl adjacent to an activating group) is 1. The van der Waals surface area contributed by atoms with Crippen LogP contribution in [0.25, 0.3) is 0 Å². The quantitative estimate of drug-likeness (QED) is 0.473. The summed E-state index contributed by atoms with van der Waals surface area (Å²) in [5.41, 5.74) is 1.74. The number of esters is 1. The van der Waals surface area contributed by atoms with E-state index in [0.717, 1.165) is 11.1 Å². The monoisotopic (exact) mass is 403 g/mol. The van der Waals surface area contributed by atoms with E-state index in [1.165, 1.54) is 16.9 Å². The van der Waals surface area contributed by atoms with Gasteiger partial charge in [-0.2, -0.15) is 0 Å². The summed E-state index contributed by atoms with van der Waals surface area (Å²) in [7, 11) is 4.76. The summed E-state index contributed by atoms with van der Waals surface area (Å²) in [5, 5.41) is 0. The minimum absolute atomic E-state index is 0.0491. The highest BCUT2D eigenvalue weighted by Crippen LogP contribution is 2.27. The minimum atomic E-state index is -0.474. The molecule has 0 unspecified atom stereocenters. The lowest BCUT2D eigenvalue weighted by Gasteiger charge is -2.17. The van der Waals surface area contributed by atoms with E-state index in [1.807, 2.05) is 30.5 Å². The highest BCUT2D eigenvalue weighted by molar-refractivity contribution is 7.98. The molecule has 0 fully saturated rings. The molecule has 0 aromatic heterocycles. The number of carbonyl (C=O) groups excluding carboxylic acids is 2. The second-order valence-corrected chi connectivity index (χ2v) is 7.00. The van der Waals surface area contributed by atoms with Crippen molar-refractivity contribution in [2.45, 2.75) is 17.9 Å². The molecule has 0 saturated heterocycles. The highest BCUT2D eigenvalue weighted by Gasteiger charge is 2.14. The Bertz CT molecular complexity index is 807. The van der Waals surface area contributed by atoms with Crippen LogP contribution in [0.1, 0.15) is 11.1 Å². The van der Waals surface area contributed by atoms with Gasteiger partial charge in [0.1, 0.15) is 0 Å². The van der Waals surface area contributed by atoms with Crippen LogP contribution in [0.15, 0.2) is 47.4 Å². The molecular formula is C21H25NO5S. The summed E-state index contributed by atoms with van der Waals surface area (Å²) in [5.74, 6) is 0.394. The summed E-state index contributed by atoms with van der Waals surface area (Å²) in [6.45, 7) is 0.173. The van der Waals surface area contributed by atoms with Crippen molar-refractivity contribution in [1.29, 1.82) is 0 Å². The molecular weight excluding hydrogens is 378 g/mol. The SMILES string of the molecule is COc1ccc(CC(=O)OCC(=O)N(C)Cc2ccc(SC)cc2)cc1OC. The van der Waals surface area contributed by atoms with E-state index in [1.54, 1.807) is 44.1 Å². The fraction of sp³-hybridized carbons (Fsp3) is 0.333. The van der Waals surface area contributed by atoms with Crippen LogP contribution in [0.2, 0.25) is 0 Å². The normalized spacial score (nSPS) is 10.3. The van der Waals surface area contributed by atoms with Gasteiger partial charge in [0.15, 0.2) is 18.1 Å². The molecule has 0 spiro atoms. The van der Waals surface area contributed by atoms with E-state index in [4.69, 9.17) is 14.2 Å². The Kier molecular flexibility index (Phi) is 8.19. The third-order valence-electron chi connectivity index (χ3n) is 4.16. The Hall–Kier alpha value is -2.67. The molecule has 0 saturated carbocycles. The van der Waals surface area contributed by atoms with E-state index >= 15 is 0 Å². The van der Waals surface area contributed by atoms with Gasteiger partial charge in [0.05, 0.1) is 20.6 Å².